The molecule has 46 heavy (non-hydrogen) atoms. The SMILES string of the molecule is [2H]c1c([2H])c([2H])c(-c2nc(-c3c([2H])c([2H])c([2H])c([2H])c3[2H])nc(-c3c([2H])c([2H])c([2H])c(-c4c([2H])c([2H])c([2H])c(-c5c([2H])c([2H])c(-c6ccc([Si](C)(C)C)cc6)c([2H])c5[2H])c4[2H])c3[2H])n2)c([2H])c1[2H]. The lowest BCUT2D eigenvalue weighted by atomic mass is 9.96. The molecule has 1 aromatic heterocycles. The molecule has 0 saturated heterocycles. The minimum Gasteiger partial charge on any atom is -0.208 e. The molecule has 0 saturated carbocycles. The zero-order valence-corrected chi connectivity index (χ0v) is 25.7. The van der Waals surface area contributed by atoms with Gasteiger partial charge in [-0.3, -0.25) is 0 Å². The van der Waals surface area contributed by atoms with Gasteiger partial charge in [-0.25, -0.2) is 15.0 Å². The molecule has 0 atom stereocenters. The van der Waals surface area contributed by atoms with Crippen LogP contribution in [0.25, 0.3) is 67.5 Å². The number of rotatable bonds is 7. The molecule has 4 heteroatoms. The van der Waals surface area contributed by atoms with Crippen LogP contribution in [0.1, 0.15) is 30.2 Å². The first-order chi connectivity index (χ1) is 31.6. The maximum Gasteiger partial charge on any atom is 0.164 e. The fourth-order valence-electron chi connectivity index (χ4n) is 4.33. The van der Waals surface area contributed by atoms with Crippen LogP contribution < -0.4 is 5.19 Å². The van der Waals surface area contributed by atoms with Gasteiger partial charge in [-0.05, 0) is 45.5 Å². The van der Waals surface area contributed by atoms with Gasteiger partial charge in [0.05, 0.1) is 38.2 Å². The molecule has 0 fully saturated rings. The van der Waals surface area contributed by atoms with Crippen molar-refractivity contribution in [1.29, 1.82) is 0 Å². The van der Waals surface area contributed by atoms with Crippen LogP contribution in [0.15, 0.2) is 157 Å². The average Bonchev–Trinajstić information content (AvgIpc) is 3.29. The first-order valence-electron chi connectivity index (χ1n) is 24.9. The fraction of sp³-hybridized carbons (Fsp3) is 0.0714. The summed E-state index contributed by atoms with van der Waals surface area (Å²) in [5.41, 5.74) is -4.77. The molecule has 0 unspecified atom stereocenters. The molecule has 0 spiro atoms. The summed E-state index contributed by atoms with van der Waals surface area (Å²) in [7, 11) is -1.77. The van der Waals surface area contributed by atoms with Gasteiger partial charge in [0, 0.05) is 16.7 Å². The Morgan fingerprint density at radius 2 is 0.739 bits per heavy atom. The van der Waals surface area contributed by atoms with Crippen LogP contribution in [0.2, 0.25) is 19.6 Å². The Morgan fingerprint density at radius 1 is 0.370 bits per heavy atom. The molecule has 6 aromatic carbocycles. The molecular formula is C42H35N3Si. The van der Waals surface area contributed by atoms with E-state index in [1.807, 2.05) is 12.1 Å². The predicted molar refractivity (Wildman–Crippen MR) is 195 cm³/mol. The van der Waals surface area contributed by atoms with Crippen LogP contribution in [0.4, 0.5) is 0 Å². The van der Waals surface area contributed by atoms with E-state index in [9.17, 15) is 2.74 Å². The summed E-state index contributed by atoms with van der Waals surface area (Å²) in [6.45, 7) is 6.38. The van der Waals surface area contributed by atoms with Crippen molar-refractivity contribution in [1.82, 2.24) is 15.0 Å². The lowest BCUT2D eigenvalue weighted by Crippen LogP contribution is -2.37. The van der Waals surface area contributed by atoms with Crippen molar-refractivity contribution in [2.45, 2.75) is 19.6 Å². The summed E-state index contributed by atoms with van der Waals surface area (Å²) < 4.78 is 192. The van der Waals surface area contributed by atoms with Gasteiger partial charge in [-0.15, -0.1) is 0 Å². The van der Waals surface area contributed by atoms with Gasteiger partial charge in [-0.2, -0.15) is 0 Å². The van der Waals surface area contributed by atoms with Crippen molar-refractivity contribution in [3.63, 3.8) is 0 Å². The highest BCUT2D eigenvalue weighted by Crippen LogP contribution is 2.31. The normalized spacial score (nSPS) is 18.1. The molecule has 1 heterocycles. The first kappa shape index (κ1) is 13.5. The Morgan fingerprint density at radius 3 is 1.22 bits per heavy atom. The highest BCUT2D eigenvalue weighted by molar-refractivity contribution is 6.88. The summed E-state index contributed by atoms with van der Waals surface area (Å²) in [6.07, 6.45) is 0. The van der Waals surface area contributed by atoms with Crippen LogP contribution in [-0.2, 0) is 0 Å². The number of hydrogen-bond donors (Lipinski definition) is 0. The van der Waals surface area contributed by atoms with Crippen molar-refractivity contribution in [2.24, 2.45) is 0 Å². The van der Waals surface area contributed by atoms with E-state index >= 15 is 0 Å². The van der Waals surface area contributed by atoms with E-state index in [-0.39, 0.29) is 5.56 Å². The standard InChI is InChI=1S/C42H35N3Si/c1-46(2,3)39-26-24-31(25-27-39)30-20-22-32(23-21-30)35-16-10-17-36(28-35)37-18-11-19-38(29-37)42-44-40(33-12-6-4-7-13-33)43-41(45-42)34-14-8-5-9-15-34/h4-29H,1-3H3/i4D,5D,6D,7D,8D,9D,10D,11D,12D,13D,14D,15D,16D,17D,18D,19D,20D,21D,22D,23D,28D,29D. The van der Waals surface area contributed by atoms with Crippen LogP contribution in [0, 0.1) is 0 Å². The molecule has 0 aliphatic rings. The van der Waals surface area contributed by atoms with E-state index in [4.69, 9.17) is 27.4 Å². The maximum atomic E-state index is 9.49. The molecule has 0 amide bonds. The lowest BCUT2D eigenvalue weighted by Gasteiger charge is -2.16. The van der Waals surface area contributed by atoms with Crippen LogP contribution in [0.5, 0.6) is 0 Å². The van der Waals surface area contributed by atoms with Gasteiger partial charge in [0.15, 0.2) is 17.5 Å². The summed E-state index contributed by atoms with van der Waals surface area (Å²) in [5, 5.41) is 1.07. The Labute approximate surface area is 303 Å². The summed E-state index contributed by atoms with van der Waals surface area (Å²) in [5.74, 6) is -2.37. The molecule has 7 aromatic rings. The van der Waals surface area contributed by atoms with E-state index in [0.29, 0.717) is 5.56 Å². The molecule has 0 N–H and O–H groups in total. The monoisotopic (exact) mass is 631 g/mol. The van der Waals surface area contributed by atoms with Gasteiger partial charge in [0.1, 0.15) is 0 Å². The second kappa shape index (κ2) is 12.5. The molecule has 3 nitrogen and oxygen atoms in total. The maximum absolute atomic E-state index is 9.49. The smallest absolute Gasteiger partial charge is 0.164 e. The highest BCUT2D eigenvalue weighted by Gasteiger charge is 2.16. The molecular weight excluding hydrogens is 575 g/mol. The summed E-state index contributed by atoms with van der Waals surface area (Å²) >= 11 is 0. The summed E-state index contributed by atoms with van der Waals surface area (Å²) in [4.78, 5) is 12.7. The molecule has 0 aliphatic carbocycles. The van der Waals surface area contributed by atoms with E-state index in [1.165, 1.54) is 0 Å². The van der Waals surface area contributed by atoms with Crippen molar-refractivity contribution >= 4 is 13.3 Å². The predicted octanol–water partition coefficient (Wildman–Crippen LogP) is 10.4. The Hall–Kier alpha value is -5.45. The largest absolute Gasteiger partial charge is 0.208 e. The lowest BCUT2D eigenvalue weighted by molar-refractivity contribution is 1.07. The second-order valence-corrected chi connectivity index (χ2v) is 16.0. The van der Waals surface area contributed by atoms with Gasteiger partial charge in [0.25, 0.3) is 0 Å². The number of aromatic nitrogens is 3. The number of nitrogens with zero attached hydrogens (tertiary/aromatic N) is 3. The van der Waals surface area contributed by atoms with Crippen LogP contribution in [-0.4, -0.2) is 23.0 Å². The van der Waals surface area contributed by atoms with Gasteiger partial charge in [-0.1, -0.05) is 170 Å². The van der Waals surface area contributed by atoms with Crippen molar-refractivity contribution in [2.75, 3.05) is 0 Å². The second-order valence-electron chi connectivity index (χ2n) is 10.9. The highest BCUT2D eigenvalue weighted by atomic mass is 28.3. The van der Waals surface area contributed by atoms with Gasteiger partial charge >= 0.3 is 0 Å². The third kappa shape index (κ3) is 6.34. The molecule has 0 aliphatic heterocycles. The third-order valence-corrected chi connectivity index (χ3v) is 8.79. The first-order valence-corrected chi connectivity index (χ1v) is 17.4. The van der Waals surface area contributed by atoms with Crippen molar-refractivity contribution in [3.8, 4) is 67.5 Å². The minimum absolute atomic E-state index is 0.0907. The average molecular weight is 632 g/mol. The molecule has 7 rings (SSSR count). The quantitative estimate of drug-likeness (QED) is 0.164. The Kier molecular flexibility index (Phi) is 3.67. The molecule has 0 bridgehead atoms. The van der Waals surface area contributed by atoms with E-state index < -0.39 is 197 Å². The third-order valence-electron chi connectivity index (χ3n) is 6.72. The number of benzene rings is 6. The summed E-state index contributed by atoms with van der Waals surface area (Å²) in [6, 6.07) is -11.5. The zero-order valence-electron chi connectivity index (χ0n) is 46.7. The van der Waals surface area contributed by atoms with E-state index in [2.05, 4.69) is 34.6 Å². The molecule has 0 radical (unpaired) electrons. The van der Waals surface area contributed by atoms with Gasteiger partial charge < -0.3 is 0 Å². The van der Waals surface area contributed by atoms with Crippen LogP contribution in [0.3, 0.4) is 0 Å². The van der Waals surface area contributed by atoms with Gasteiger partial charge in [0.2, 0.25) is 0 Å². The van der Waals surface area contributed by atoms with Crippen LogP contribution >= 0.6 is 0 Å². The Balaban J connectivity index is 1.56. The number of hydrogen-bond acceptors (Lipinski definition) is 3. The molecule has 222 valence electrons. The van der Waals surface area contributed by atoms with E-state index in [1.54, 1.807) is 12.1 Å². The minimum atomic E-state index is -1.77. The topological polar surface area (TPSA) is 38.7 Å². The van der Waals surface area contributed by atoms with E-state index in [0.717, 1.165) is 5.19 Å². The fourth-order valence-corrected chi connectivity index (χ4v) is 5.49. The van der Waals surface area contributed by atoms with Crippen molar-refractivity contribution in [3.05, 3.63) is 157 Å². The Bertz CT molecular complexity index is 3180. The van der Waals surface area contributed by atoms with Crippen molar-refractivity contribution < 1.29 is 30.2 Å². The zero-order chi connectivity index (χ0) is 50.7.